The Morgan fingerprint density at radius 2 is 2.06 bits per heavy atom. The lowest BCUT2D eigenvalue weighted by atomic mass is 10.1. The topological polar surface area (TPSA) is 12.0 Å². The van der Waals surface area contributed by atoms with Crippen LogP contribution >= 0.6 is 11.8 Å². The van der Waals surface area contributed by atoms with E-state index < -0.39 is 0 Å². The third-order valence-electron chi connectivity index (χ3n) is 3.66. The van der Waals surface area contributed by atoms with Crippen LogP contribution in [0, 0.1) is 5.92 Å². The molecule has 1 fully saturated rings. The molecule has 0 amide bonds. The summed E-state index contributed by atoms with van der Waals surface area (Å²) in [4.78, 5) is 1.34. The van der Waals surface area contributed by atoms with Crippen LogP contribution in [0.2, 0.25) is 0 Å². The monoisotopic (exact) mass is 249 g/mol. The van der Waals surface area contributed by atoms with Crippen LogP contribution in [0.4, 0.5) is 0 Å². The van der Waals surface area contributed by atoms with Crippen LogP contribution in [0.5, 0.6) is 0 Å². The maximum atomic E-state index is 3.74. The van der Waals surface area contributed by atoms with E-state index >= 15 is 0 Å². The molecule has 3 unspecified atom stereocenters. The van der Waals surface area contributed by atoms with E-state index in [1.807, 2.05) is 0 Å². The summed E-state index contributed by atoms with van der Waals surface area (Å²) in [5.74, 6) is 0.938. The molecule has 2 heteroatoms. The number of thioether (sulfide) groups is 1. The number of hydrogen-bond donors (Lipinski definition) is 1. The molecule has 2 rings (SSSR count). The van der Waals surface area contributed by atoms with Crippen molar-refractivity contribution in [3.8, 4) is 0 Å². The summed E-state index contributed by atoms with van der Waals surface area (Å²) in [7, 11) is 0. The average molecular weight is 249 g/mol. The van der Waals surface area contributed by atoms with Crippen LogP contribution < -0.4 is 5.32 Å². The fourth-order valence-corrected chi connectivity index (χ4v) is 2.86. The molecule has 1 aliphatic carbocycles. The van der Waals surface area contributed by atoms with Crippen molar-refractivity contribution in [2.45, 2.75) is 50.1 Å². The number of benzene rings is 1. The van der Waals surface area contributed by atoms with Gasteiger partial charge in [0.05, 0.1) is 0 Å². The van der Waals surface area contributed by atoms with Crippen LogP contribution in [-0.2, 0) is 0 Å². The summed E-state index contributed by atoms with van der Waals surface area (Å²) in [6.07, 6.45) is 6.20. The standard InChI is InChI=1S/C15H23NS/c1-4-5-13-10-15(13)16-11(2)12-6-8-14(17-3)9-7-12/h6-9,11,13,15-16H,4-5,10H2,1-3H3. The Morgan fingerprint density at radius 1 is 1.35 bits per heavy atom. The van der Waals surface area contributed by atoms with Gasteiger partial charge in [0.15, 0.2) is 0 Å². The summed E-state index contributed by atoms with van der Waals surface area (Å²) in [6.45, 7) is 4.55. The van der Waals surface area contributed by atoms with Crippen molar-refractivity contribution in [2.24, 2.45) is 5.92 Å². The summed E-state index contributed by atoms with van der Waals surface area (Å²) in [5.41, 5.74) is 1.41. The van der Waals surface area contributed by atoms with Gasteiger partial charge in [0.2, 0.25) is 0 Å². The number of nitrogens with one attached hydrogen (secondary N) is 1. The SMILES string of the molecule is CCCC1CC1NC(C)c1ccc(SC)cc1. The molecule has 0 spiro atoms. The zero-order chi connectivity index (χ0) is 12.3. The average Bonchev–Trinajstić information content (AvgIpc) is 3.08. The molecule has 17 heavy (non-hydrogen) atoms. The Hall–Kier alpha value is -0.470. The molecule has 1 nitrogen and oxygen atoms in total. The van der Waals surface area contributed by atoms with E-state index in [-0.39, 0.29) is 0 Å². The van der Waals surface area contributed by atoms with E-state index in [9.17, 15) is 0 Å². The van der Waals surface area contributed by atoms with Gasteiger partial charge in [0.25, 0.3) is 0 Å². The van der Waals surface area contributed by atoms with Gasteiger partial charge in [-0.25, -0.2) is 0 Å². The smallest absolute Gasteiger partial charge is 0.0294 e. The van der Waals surface area contributed by atoms with Crippen LogP contribution in [-0.4, -0.2) is 12.3 Å². The molecule has 1 aromatic carbocycles. The second kappa shape index (κ2) is 5.92. The van der Waals surface area contributed by atoms with Crippen molar-refractivity contribution in [3.63, 3.8) is 0 Å². The number of hydrogen-bond acceptors (Lipinski definition) is 2. The normalized spacial score (nSPS) is 24.6. The fraction of sp³-hybridized carbons (Fsp3) is 0.600. The van der Waals surface area contributed by atoms with Gasteiger partial charge in [-0.3, -0.25) is 0 Å². The van der Waals surface area contributed by atoms with Gasteiger partial charge in [-0.15, -0.1) is 11.8 Å². The quantitative estimate of drug-likeness (QED) is 0.757. The van der Waals surface area contributed by atoms with Crippen molar-refractivity contribution < 1.29 is 0 Å². The first-order valence-electron chi connectivity index (χ1n) is 6.64. The third-order valence-corrected chi connectivity index (χ3v) is 4.41. The molecule has 3 atom stereocenters. The molecule has 0 bridgehead atoms. The van der Waals surface area contributed by atoms with E-state index in [1.54, 1.807) is 11.8 Å². The molecule has 0 radical (unpaired) electrons. The lowest BCUT2D eigenvalue weighted by molar-refractivity contribution is 0.530. The minimum atomic E-state index is 0.484. The van der Waals surface area contributed by atoms with Crippen molar-refractivity contribution in [2.75, 3.05) is 6.26 Å². The number of rotatable bonds is 6. The lowest BCUT2D eigenvalue weighted by Gasteiger charge is -2.14. The van der Waals surface area contributed by atoms with E-state index in [0.29, 0.717) is 6.04 Å². The Morgan fingerprint density at radius 3 is 2.65 bits per heavy atom. The highest BCUT2D eigenvalue weighted by molar-refractivity contribution is 7.98. The van der Waals surface area contributed by atoms with Crippen LogP contribution in [0.15, 0.2) is 29.2 Å². The zero-order valence-electron chi connectivity index (χ0n) is 11.1. The largest absolute Gasteiger partial charge is 0.307 e. The molecule has 1 aromatic rings. The summed E-state index contributed by atoms with van der Waals surface area (Å²) in [5, 5.41) is 3.74. The Kier molecular flexibility index (Phi) is 4.52. The third kappa shape index (κ3) is 3.49. The second-order valence-corrected chi connectivity index (χ2v) is 5.93. The minimum absolute atomic E-state index is 0.484. The summed E-state index contributed by atoms with van der Waals surface area (Å²) >= 11 is 1.80. The lowest BCUT2D eigenvalue weighted by Crippen LogP contribution is -2.22. The highest BCUT2D eigenvalue weighted by Crippen LogP contribution is 2.36. The highest BCUT2D eigenvalue weighted by Gasteiger charge is 2.36. The van der Waals surface area contributed by atoms with Gasteiger partial charge >= 0.3 is 0 Å². The Labute approximate surface area is 109 Å². The van der Waals surface area contributed by atoms with Gasteiger partial charge in [-0.2, -0.15) is 0 Å². The maximum absolute atomic E-state index is 3.74. The molecule has 0 heterocycles. The highest BCUT2D eigenvalue weighted by atomic mass is 32.2. The first-order valence-corrected chi connectivity index (χ1v) is 7.87. The van der Waals surface area contributed by atoms with Gasteiger partial charge in [-0.1, -0.05) is 25.5 Å². The van der Waals surface area contributed by atoms with Crippen molar-refractivity contribution >= 4 is 11.8 Å². The minimum Gasteiger partial charge on any atom is -0.307 e. The van der Waals surface area contributed by atoms with Crippen molar-refractivity contribution in [1.82, 2.24) is 5.32 Å². The van der Waals surface area contributed by atoms with E-state index in [1.165, 1.54) is 29.7 Å². The molecule has 1 aliphatic rings. The predicted molar refractivity (Wildman–Crippen MR) is 76.6 cm³/mol. The van der Waals surface area contributed by atoms with Crippen molar-refractivity contribution in [3.05, 3.63) is 29.8 Å². The molecule has 0 aliphatic heterocycles. The molecule has 0 saturated heterocycles. The summed E-state index contributed by atoms with van der Waals surface area (Å²) in [6, 6.07) is 10.2. The van der Waals surface area contributed by atoms with E-state index in [0.717, 1.165) is 12.0 Å². The zero-order valence-corrected chi connectivity index (χ0v) is 11.9. The Balaban J connectivity index is 1.85. The molecule has 1 saturated carbocycles. The van der Waals surface area contributed by atoms with Crippen molar-refractivity contribution in [1.29, 1.82) is 0 Å². The second-order valence-electron chi connectivity index (χ2n) is 5.05. The summed E-state index contributed by atoms with van der Waals surface area (Å²) < 4.78 is 0. The Bertz CT molecular complexity index is 346. The first-order chi connectivity index (χ1) is 8.24. The molecule has 94 valence electrons. The maximum Gasteiger partial charge on any atom is 0.0294 e. The van der Waals surface area contributed by atoms with Crippen LogP contribution in [0.3, 0.4) is 0 Å². The van der Waals surface area contributed by atoms with Crippen LogP contribution in [0.1, 0.15) is 44.7 Å². The fourth-order valence-electron chi connectivity index (χ4n) is 2.45. The van der Waals surface area contributed by atoms with Crippen LogP contribution in [0.25, 0.3) is 0 Å². The molecular weight excluding hydrogens is 226 g/mol. The van der Waals surface area contributed by atoms with E-state index in [4.69, 9.17) is 0 Å². The predicted octanol–water partition coefficient (Wildman–Crippen LogP) is 4.25. The van der Waals surface area contributed by atoms with Gasteiger partial charge in [-0.05, 0) is 49.6 Å². The first kappa shape index (κ1) is 13.0. The van der Waals surface area contributed by atoms with Gasteiger partial charge < -0.3 is 5.32 Å². The molecule has 0 aromatic heterocycles. The van der Waals surface area contributed by atoms with Gasteiger partial charge in [0, 0.05) is 17.0 Å². The van der Waals surface area contributed by atoms with E-state index in [2.05, 4.69) is 49.7 Å². The van der Waals surface area contributed by atoms with Gasteiger partial charge in [0.1, 0.15) is 0 Å². The molecule has 1 N–H and O–H groups in total. The molecular formula is C15H23NS.